The fourth-order valence-electron chi connectivity index (χ4n) is 2.12. The molecule has 7 nitrogen and oxygen atoms in total. The molecule has 2 aromatic rings. The Morgan fingerprint density at radius 3 is 2.69 bits per heavy atom. The zero-order valence-electron chi connectivity index (χ0n) is 15.4. The largest absolute Gasteiger partial charge is 0.490 e. The lowest BCUT2D eigenvalue weighted by molar-refractivity contribution is -0.115. The fourth-order valence-corrected chi connectivity index (χ4v) is 2.48. The van der Waals surface area contributed by atoms with E-state index in [-0.39, 0.29) is 47.3 Å². The maximum absolute atomic E-state index is 12.8. The number of halogens is 3. The molecule has 1 aromatic heterocycles. The van der Waals surface area contributed by atoms with E-state index >= 15 is 0 Å². The molecule has 0 spiro atoms. The van der Waals surface area contributed by atoms with E-state index in [1.807, 2.05) is 0 Å². The van der Waals surface area contributed by atoms with Crippen molar-refractivity contribution in [2.24, 2.45) is 0 Å². The number of rotatable bonds is 9. The zero-order chi connectivity index (χ0) is 21.4. The van der Waals surface area contributed by atoms with Crippen molar-refractivity contribution in [2.75, 3.05) is 18.5 Å². The van der Waals surface area contributed by atoms with Crippen LogP contribution in [0.5, 0.6) is 11.5 Å². The van der Waals surface area contributed by atoms with Gasteiger partial charge in [-0.05, 0) is 33.5 Å². The molecule has 0 aliphatic carbocycles. The number of benzene rings is 1. The van der Waals surface area contributed by atoms with Crippen LogP contribution in [0.3, 0.4) is 0 Å². The van der Waals surface area contributed by atoms with E-state index < -0.39 is 5.85 Å². The van der Waals surface area contributed by atoms with Gasteiger partial charge >= 0.3 is 5.85 Å². The Bertz CT molecular complexity index is 880. The normalized spacial score (nSPS) is 10.9. The number of carbonyl (C=O) groups is 2. The Morgan fingerprint density at radius 1 is 1.28 bits per heavy atom. The molecule has 0 bridgehead atoms. The summed E-state index contributed by atoms with van der Waals surface area (Å²) < 4.78 is 35.4. The van der Waals surface area contributed by atoms with E-state index in [9.17, 15) is 18.4 Å². The van der Waals surface area contributed by atoms with Crippen LogP contribution in [-0.4, -0.2) is 35.8 Å². The third-order valence-electron chi connectivity index (χ3n) is 3.41. The van der Waals surface area contributed by atoms with E-state index in [2.05, 4.69) is 20.4 Å². The van der Waals surface area contributed by atoms with Gasteiger partial charge in [0.1, 0.15) is 23.9 Å². The van der Waals surface area contributed by atoms with Gasteiger partial charge in [0.2, 0.25) is 5.91 Å². The van der Waals surface area contributed by atoms with Crippen molar-refractivity contribution >= 4 is 38.5 Å². The number of nitrogens with zero attached hydrogens (tertiary/aromatic N) is 1. The summed E-state index contributed by atoms with van der Waals surface area (Å²) in [4.78, 5) is 27.6. The second-order valence-electron chi connectivity index (χ2n) is 5.69. The van der Waals surface area contributed by atoms with E-state index in [1.165, 1.54) is 45.8 Å². The molecule has 0 saturated carbocycles. The lowest BCUT2D eigenvalue weighted by Crippen LogP contribution is -2.28. The summed E-state index contributed by atoms with van der Waals surface area (Å²) in [6.45, 7) is 1.96. The highest BCUT2D eigenvalue weighted by molar-refractivity contribution is 7.17. The van der Waals surface area contributed by atoms with Crippen molar-refractivity contribution in [3.05, 3.63) is 47.1 Å². The Balaban J connectivity index is 1.84. The molecule has 0 fully saturated rings. The number of pyridine rings is 1. The van der Waals surface area contributed by atoms with Crippen molar-refractivity contribution < 1.29 is 27.8 Å². The van der Waals surface area contributed by atoms with Gasteiger partial charge in [-0.1, -0.05) is 18.5 Å². The number of hydrogen-bond donors (Lipinski definition) is 2. The summed E-state index contributed by atoms with van der Waals surface area (Å²) in [6.07, 6.45) is 1.71. The van der Waals surface area contributed by atoms with E-state index in [0.717, 1.165) is 0 Å². The van der Waals surface area contributed by atoms with Crippen LogP contribution in [0.2, 0.25) is 5.02 Å². The highest BCUT2D eigenvalue weighted by Crippen LogP contribution is 2.33. The molecule has 0 saturated heterocycles. The van der Waals surface area contributed by atoms with Gasteiger partial charge in [0.15, 0.2) is 0 Å². The third kappa shape index (κ3) is 7.79. The maximum atomic E-state index is 12.8. The van der Waals surface area contributed by atoms with E-state index in [1.54, 1.807) is 6.92 Å². The minimum absolute atomic E-state index is 0.0912. The number of carbonyl (C=O) groups excluding carboxylic acids is 2. The standard InChI is InChI=1S/C18H19ClF2N3O4P/c1-2-16(25)24-15-9-11(5-6-22-15)17(26)23-7-8-27-14-4-3-12(10-13(14)19)28-18(20,21)29/h3-6,9-10H,2,7-8,29H2,1H3,(H,23,26)(H,22,24,25). The van der Waals surface area contributed by atoms with E-state index in [0.29, 0.717) is 12.0 Å². The first-order valence-corrected chi connectivity index (χ1v) is 9.45. The first kappa shape index (κ1) is 22.8. The summed E-state index contributed by atoms with van der Waals surface area (Å²) in [5.41, 5.74) is 0.323. The van der Waals surface area contributed by atoms with Crippen LogP contribution >= 0.6 is 20.8 Å². The molecule has 0 aliphatic rings. The fraction of sp³-hybridized carbons (Fsp3) is 0.278. The molecule has 2 N–H and O–H groups in total. The average molecular weight is 446 g/mol. The number of anilines is 1. The molecule has 1 unspecified atom stereocenters. The van der Waals surface area contributed by atoms with Crippen LogP contribution in [-0.2, 0) is 4.79 Å². The molecule has 156 valence electrons. The van der Waals surface area contributed by atoms with Gasteiger partial charge in [-0.3, -0.25) is 9.59 Å². The molecule has 11 heteroatoms. The summed E-state index contributed by atoms with van der Waals surface area (Å²) >= 11 is 5.98. The van der Waals surface area contributed by atoms with Crippen LogP contribution in [0.15, 0.2) is 36.5 Å². The molecule has 1 atom stereocenters. The Labute approximate surface area is 173 Å². The quantitative estimate of drug-likeness (QED) is 0.454. The summed E-state index contributed by atoms with van der Waals surface area (Å²) in [7, 11) is 1.26. The molecule has 0 aliphatic heterocycles. The minimum Gasteiger partial charge on any atom is -0.490 e. The lowest BCUT2D eigenvalue weighted by Gasteiger charge is -2.14. The molecule has 1 aromatic carbocycles. The average Bonchev–Trinajstić information content (AvgIpc) is 2.65. The van der Waals surface area contributed by atoms with Crippen LogP contribution in [0.25, 0.3) is 0 Å². The predicted octanol–water partition coefficient (Wildman–Crippen LogP) is 3.70. The van der Waals surface area contributed by atoms with Gasteiger partial charge in [-0.2, -0.15) is 8.78 Å². The van der Waals surface area contributed by atoms with Gasteiger partial charge in [0, 0.05) is 24.2 Å². The maximum Gasteiger partial charge on any atom is 0.408 e. The molecule has 2 rings (SSSR count). The Kier molecular flexibility index (Phi) is 8.10. The van der Waals surface area contributed by atoms with Gasteiger partial charge in [0.25, 0.3) is 5.91 Å². The van der Waals surface area contributed by atoms with Crippen LogP contribution in [0.1, 0.15) is 23.7 Å². The van der Waals surface area contributed by atoms with Crippen molar-refractivity contribution in [1.82, 2.24) is 10.3 Å². The first-order valence-electron chi connectivity index (χ1n) is 8.50. The summed E-state index contributed by atoms with van der Waals surface area (Å²) in [5, 5.41) is 5.32. The number of hydrogen-bond acceptors (Lipinski definition) is 5. The summed E-state index contributed by atoms with van der Waals surface area (Å²) in [6, 6.07) is 6.86. The Morgan fingerprint density at radius 2 is 2.03 bits per heavy atom. The van der Waals surface area contributed by atoms with Crippen LogP contribution in [0, 0.1) is 0 Å². The zero-order valence-corrected chi connectivity index (χ0v) is 17.3. The topological polar surface area (TPSA) is 89.6 Å². The second-order valence-corrected chi connectivity index (χ2v) is 6.77. The van der Waals surface area contributed by atoms with Crippen molar-refractivity contribution in [1.29, 1.82) is 0 Å². The van der Waals surface area contributed by atoms with Gasteiger partial charge in [-0.15, -0.1) is 0 Å². The second kappa shape index (κ2) is 10.3. The molecule has 2 amide bonds. The minimum atomic E-state index is -3.40. The number of ether oxygens (including phenoxy) is 2. The molecule has 1 heterocycles. The molecular formula is C18H19ClF2N3O4P. The van der Waals surface area contributed by atoms with Crippen LogP contribution < -0.4 is 20.1 Å². The number of amides is 2. The first-order chi connectivity index (χ1) is 13.7. The monoisotopic (exact) mass is 445 g/mol. The number of aromatic nitrogens is 1. The smallest absolute Gasteiger partial charge is 0.408 e. The van der Waals surface area contributed by atoms with Crippen LogP contribution in [0.4, 0.5) is 14.6 Å². The summed E-state index contributed by atoms with van der Waals surface area (Å²) in [5.74, 6) is -3.56. The van der Waals surface area contributed by atoms with Gasteiger partial charge < -0.3 is 20.1 Å². The van der Waals surface area contributed by atoms with Gasteiger partial charge in [-0.25, -0.2) is 4.98 Å². The molecule has 29 heavy (non-hydrogen) atoms. The van der Waals surface area contributed by atoms with Crippen molar-refractivity contribution in [3.63, 3.8) is 0 Å². The number of nitrogens with one attached hydrogen (secondary N) is 2. The molecular weight excluding hydrogens is 427 g/mol. The molecule has 0 radical (unpaired) electrons. The third-order valence-corrected chi connectivity index (χ3v) is 3.83. The van der Waals surface area contributed by atoms with Crippen molar-refractivity contribution in [3.8, 4) is 11.5 Å². The Hall–Kier alpha value is -2.51. The highest BCUT2D eigenvalue weighted by atomic mass is 35.5. The van der Waals surface area contributed by atoms with E-state index in [4.69, 9.17) is 16.3 Å². The van der Waals surface area contributed by atoms with Gasteiger partial charge in [0.05, 0.1) is 11.6 Å². The number of alkyl halides is 2. The van der Waals surface area contributed by atoms with Crippen molar-refractivity contribution in [2.45, 2.75) is 19.2 Å². The predicted molar refractivity (Wildman–Crippen MR) is 108 cm³/mol. The lowest BCUT2D eigenvalue weighted by atomic mass is 10.2. The SMILES string of the molecule is CCC(=O)Nc1cc(C(=O)NCCOc2ccc(OC(F)(F)P)cc2Cl)ccn1. The highest BCUT2D eigenvalue weighted by Gasteiger charge is 2.23.